The summed E-state index contributed by atoms with van der Waals surface area (Å²) in [5.74, 6) is 0.356. The zero-order valence-electron chi connectivity index (χ0n) is 14.9. The van der Waals surface area contributed by atoms with Crippen molar-refractivity contribution in [3.05, 3.63) is 114 Å². The summed E-state index contributed by atoms with van der Waals surface area (Å²) in [4.78, 5) is 0.226. The number of fused-ring (bicyclic) bond motifs is 3. The molecular formula is C24H16O3S. The second-order valence-electron chi connectivity index (χ2n) is 6.64. The fraction of sp³-hybridized carbons (Fsp3) is 0. The van der Waals surface area contributed by atoms with Crippen LogP contribution in [0.3, 0.4) is 0 Å². The molecule has 0 amide bonds. The van der Waals surface area contributed by atoms with Crippen LogP contribution in [0.25, 0.3) is 22.1 Å². The van der Waals surface area contributed by atoms with E-state index >= 15 is 0 Å². The quantitative estimate of drug-likeness (QED) is 0.430. The zero-order valence-corrected chi connectivity index (χ0v) is 15.7. The Bertz CT molecular complexity index is 1320. The van der Waals surface area contributed by atoms with Crippen LogP contribution in [0.1, 0.15) is 16.7 Å². The van der Waals surface area contributed by atoms with E-state index in [2.05, 4.69) is 0 Å². The van der Waals surface area contributed by atoms with Gasteiger partial charge in [0.05, 0.1) is 0 Å². The van der Waals surface area contributed by atoms with Crippen molar-refractivity contribution in [2.45, 2.75) is 4.90 Å². The van der Waals surface area contributed by atoms with Gasteiger partial charge in [-0.1, -0.05) is 97.1 Å². The van der Waals surface area contributed by atoms with Gasteiger partial charge in [-0.05, 0) is 10.9 Å². The Hall–Kier alpha value is -3.37. The van der Waals surface area contributed by atoms with Gasteiger partial charge in [0.25, 0.3) is 0 Å². The van der Waals surface area contributed by atoms with Crippen molar-refractivity contribution in [3.63, 3.8) is 0 Å². The lowest BCUT2D eigenvalue weighted by atomic mass is 9.92. The van der Waals surface area contributed by atoms with Gasteiger partial charge in [-0.25, -0.2) is 0 Å². The molecule has 136 valence electrons. The molecule has 0 radical (unpaired) electrons. The third kappa shape index (κ3) is 2.62. The van der Waals surface area contributed by atoms with Gasteiger partial charge >= 0.3 is 10.1 Å². The molecule has 0 aromatic heterocycles. The topological polar surface area (TPSA) is 43.4 Å². The SMILES string of the molecule is O=S1(=O)OC(c2ccccc2)=C(c2ccccc2)c2ccc3ccccc3c21. The highest BCUT2D eigenvalue weighted by Crippen LogP contribution is 2.44. The predicted octanol–water partition coefficient (Wildman–Crippen LogP) is 5.48. The third-order valence-electron chi connectivity index (χ3n) is 4.92. The van der Waals surface area contributed by atoms with Gasteiger partial charge in [0.2, 0.25) is 0 Å². The van der Waals surface area contributed by atoms with Crippen LogP contribution in [0.4, 0.5) is 0 Å². The van der Waals surface area contributed by atoms with Gasteiger partial charge in [-0.3, -0.25) is 0 Å². The van der Waals surface area contributed by atoms with Crippen LogP contribution >= 0.6 is 0 Å². The lowest BCUT2D eigenvalue weighted by Gasteiger charge is -2.25. The minimum absolute atomic E-state index is 0.226. The number of benzene rings is 4. The molecule has 0 saturated heterocycles. The maximum absolute atomic E-state index is 13.2. The van der Waals surface area contributed by atoms with Gasteiger partial charge in [0.1, 0.15) is 4.90 Å². The van der Waals surface area contributed by atoms with Crippen LogP contribution in [0.5, 0.6) is 0 Å². The molecule has 3 nitrogen and oxygen atoms in total. The summed E-state index contributed by atoms with van der Waals surface area (Å²) in [5, 5.41) is 1.53. The summed E-state index contributed by atoms with van der Waals surface area (Å²) >= 11 is 0. The summed E-state index contributed by atoms with van der Waals surface area (Å²) in [6, 6.07) is 30.4. The maximum atomic E-state index is 13.2. The van der Waals surface area contributed by atoms with E-state index in [-0.39, 0.29) is 4.90 Å². The van der Waals surface area contributed by atoms with Gasteiger partial charge in [0.15, 0.2) is 5.76 Å². The maximum Gasteiger partial charge on any atom is 0.340 e. The molecule has 0 bridgehead atoms. The number of hydrogen-bond donors (Lipinski definition) is 0. The van der Waals surface area contributed by atoms with Crippen LogP contribution in [-0.4, -0.2) is 8.42 Å². The Morgan fingerprint density at radius 2 is 1.21 bits per heavy atom. The van der Waals surface area contributed by atoms with Crippen molar-refractivity contribution in [3.8, 4) is 0 Å². The van der Waals surface area contributed by atoms with Crippen molar-refractivity contribution < 1.29 is 12.6 Å². The molecular weight excluding hydrogens is 368 g/mol. The van der Waals surface area contributed by atoms with Crippen molar-refractivity contribution in [2.75, 3.05) is 0 Å². The molecule has 1 aliphatic rings. The highest BCUT2D eigenvalue weighted by molar-refractivity contribution is 7.87. The smallest absolute Gasteiger partial charge is 0.340 e. The van der Waals surface area contributed by atoms with E-state index in [1.807, 2.05) is 97.1 Å². The first-order valence-corrected chi connectivity index (χ1v) is 10.4. The second-order valence-corrected chi connectivity index (χ2v) is 8.12. The normalized spacial score (nSPS) is 15.1. The molecule has 0 saturated carbocycles. The summed E-state index contributed by atoms with van der Waals surface area (Å²) in [5.41, 5.74) is 3.08. The Balaban J connectivity index is 1.94. The first-order valence-electron chi connectivity index (χ1n) is 8.97. The molecule has 4 heteroatoms. The summed E-state index contributed by atoms with van der Waals surface area (Å²) < 4.78 is 32.1. The van der Waals surface area contributed by atoms with E-state index in [9.17, 15) is 8.42 Å². The van der Waals surface area contributed by atoms with Gasteiger partial charge in [-0.15, -0.1) is 0 Å². The molecule has 0 atom stereocenters. The highest BCUT2D eigenvalue weighted by Gasteiger charge is 2.34. The molecule has 28 heavy (non-hydrogen) atoms. The molecule has 0 N–H and O–H groups in total. The van der Waals surface area contributed by atoms with Crippen LogP contribution in [0.2, 0.25) is 0 Å². The molecule has 4 aromatic rings. The first kappa shape index (κ1) is 16.8. The van der Waals surface area contributed by atoms with Crippen LogP contribution in [-0.2, 0) is 14.3 Å². The minimum atomic E-state index is -3.96. The van der Waals surface area contributed by atoms with E-state index in [1.54, 1.807) is 0 Å². The summed E-state index contributed by atoms with van der Waals surface area (Å²) in [6.45, 7) is 0. The Morgan fingerprint density at radius 3 is 1.93 bits per heavy atom. The van der Waals surface area contributed by atoms with Crippen molar-refractivity contribution >= 4 is 32.2 Å². The van der Waals surface area contributed by atoms with Crippen molar-refractivity contribution in [2.24, 2.45) is 0 Å². The van der Waals surface area contributed by atoms with E-state index in [4.69, 9.17) is 4.18 Å². The summed E-state index contributed by atoms with van der Waals surface area (Å²) in [6.07, 6.45) is 0. The molecule has 0 fully saturated rings. The highest BCUT2D eigenvalue weighted by atomic mass is 32.2. The van der Waals surface area contributed by atoms with E-state index < -0.39 is 10.1 Å². The Kier molecular flexibility index (Phi) is 3.81. The van der Waals surface area contributed by atoms with E-state index in [0.717, 1.165) is 22.1 Å². The monoisotopic (exact) mass is 384 g/mol. The lowest BCUT2D eigenvalue weighted by molar-refractivity contribution is 0.462. The van der Waals surface area contributed by atoms with Gasteiger partial charge in [-0.2, -0.15) is 8.42 Å². The average Bonchev–Trinajstić information content (AvgIpc) is 2.74. The fourth-order valence-electron chi connectivity index (χ4n) is 3.70. The fourth-order valence-corrected chi connectivity index (χ4v) is 5.07. The molecule has 1 aliphatic heterocycles. The molecule has 4 aromatic carbocycles. The van der Waals surface area contributed by atoms with E-state index in [1.165, 1.54) is 0 Å². The standard InChI is InChI=1S/C24H16O3S/c25-28(26)24-20-14-8-7-9-17(20)15-16-21(24)22(18-10-3-1-4-11-18)23(27-28)19-12-5-2-6-13-19/h1-16H. The summed E-state index contributed by atoms with van der Waals surface area (Å²) in [7, 11) is -3.96. The molecule has 0 aliphatic carbocycles. The van der Waals surface area contributed by atoms with Gasteiger partial charge in [0, 0.05) is 22.1 Å². The predicted molar refractivity (Wildman–Crippen MR) is 111 cm³/mol. The average molecular weight is 384 g/mol. The Labute approximate surface area is 163 Å². The lowest BCUT2D eigenvalue weighted by Crippen LogP contribution is -2.16. The molecule has 0 unspecified atom stereocenters. The molecule has 1 heterocycles. The molecule has 0 spiro atoms. The van der Waals surface area contributed by atoms with E-state index in [0.29, 0.717) is 16.7 Å². The van der Waals surface area contributed by atoms with Crippen molar-refractivity contribution in [1.29, 1.82) is 0 Å². The van der Waals surface area contributed by atoms with Gasteiger partial charge < -0.3 is 4.18 Å². The zero-order chi connectivity index (χ0) is 19.1. The Morgan fingerprint density at radius 1 is 0.607 bits per heavy atom. The van der Waals surface area contributed by atoms with Crippen molar-refractivity contribution in [1.82, 2.24) is 0 Å². The second kappa shape index (κ2) is 6.36. The third-order valence-corrected chi connectivity index (χ3v) is 6.24. The van der Waals surface area contributed by atoms with Crippen LogP contribution in [0, 0.1) is 0 Å². The number of hydrogen-bond acceptors (Lipinski definition) is 3. The minimum Gasteiger partial charge on any atom is -0.378 e. The first-order chi connectivity index (χ1) is 13.6. The largest absolute Gasteiger partial charge is 0.378 e. The van der Waals surface area contributed by atoms with Crippen LogP contribution < -0.4 is 0 Å². The van der Waals surface area contributed by atoms with Crippen LogP contribution in [0.15, 0.2) is 102 Å². The number of rotatable bonds is 2. The molecule has 5 rings (SSSR count).